The lowest BCUT2D eigenvalue weighted by molar-refractivity contribution is 0.0953. The van der Waals surface area contributed by atoms with Crippen LogP contribution in [0.1, 0.15) is 29.4 Å². The van der Waals surface area contributed by atoms with Crippen LogP contribution in [0.2, 0.25) is 0 Å². The summed E-state index contributed by atoms with van der Waals surface area (Å²) in [6.07, 6.45) is 0.893. The lowest BCUT2D eigenvalue weighted by atomic mass is 10.2. The largest absolute Gasteiger partial charge is 0.351 e. The Balaban J connectivity index is 2.92. The number of halogens is 1. The topological polar surface area (TPSA) is 85.8 Å². The number of carbonyl (C=O) groups excluding carboxylic acids is 1. The maximum absolute atomic E-state index is 11.6. The molecule has 6 heteroatoms. The van der Waals surface area contributed by atoms with Crippen LogP contribution in [0.4, 0.5) is 0 Å². The normalized spacial score (nSPS) is 9.71. The van der Waals surface area contributed by atoms with Crippen molar-refractivity contribution in [3.63, 3.8) is 0 Å². The Morgan fingerprint density at radius 1 is 1.65 bits per heavy atom. The molecule has 1 rings (SSSR count). The molecule has 0 fully saturated rings. The molecule has 0 radical (unpaired) electrons. The Morgan fingerprint density at radius 2 is 2.35 bits per heavy atom. The molecule has 0 saturated carbocycles. The van der Waals surface area contributed by atoms with Crippen LogP contribution < -0.4 is 10.9 Å². The molecule has 17 heavy (non-hydrogen) atoms. The van der Waals surface area contributed by atoms with E-state index in [9.17, 15) is 9.59 Å². The van der Waals surface area contributed by atoms with Gasteiger partial charge in [-0.2, -0.15) is 5.26 Å². The standard InChI is InChI=1S/C11H12BrN3O2/c1-2-9-8(12)6-7(11(17)15-9)10(16)14-5-3-4-13/h6H,2-3,5H2,1H3,(H,14,16)(H,15,17). The lowest BCUT2D eigenvalue weighted by Crippen LogP contribution is -2.30. The summed E-state index contributed by atoms with van der Waals surface area (Å²) in [6.45, 7) is 2.14. The average molecular weight is 298 g/mol. The third-order valence-electron chi connectivity index (χ3n) is 2.19. The molecule has 0 atom stereocenters. The van der Waals surface area contributed by atoms with Gasteiger partial charge in [-0.25, -0.2) is 0 Å². The molecule has 0 aliphatic heterocycles. The Hall–Kier alpha value is -1.61. The minimum Gasteiger partial charge on any atom is -0.351 e. The number of aromatic nitrogens is 1. The van der Waals surface area contributed by atoms with Gasteiger partial charge in [-0.15, -0.1) is 0 Å². The van der Waals surface area contributed by atoms with Gasteiger partial charge in [-0.05, 0) is 28.4 Å². The smallest absolute Gasteiger partial charge is 0.261 e. The maximum atomic E-state index is 11.6. The highest BCUT2D eigenvalue weighted by Crippen LogP contribution is 2.14. The number of nitrogens with one attached hydrogen (secondary N) is 2. The molecule has 0 spiro atoms. The molecule has 1 aromatic rings. The van der Waals surface area contributed by atoms with Gasteiger partial charge in [0, 0.05) is 16.7 Å². The van der Waals surface area contributed by atoms with Gasteiger partial charge in [0.15, 0.2) is 0 Å². The molecular formula is C11H12BrN3O2. The van der Waals surface area contributed by atoms with Gasteiger partial charge in [0.1, 0.15) is 5.56 Å². The summed E-state index contributed by atoms with van der Waals surface area (Å²) in [5.74, 6) is -0.468. The number of H-pyrrole nitrogens is 1. The Bertz CT molecular complexity index is 516. The summed E-state index contributed by atoms with van der Waals surface area (Å²) in [5, 5.41) is 10.8. The molecule has 90 valence electrons. The quantitative estimate of drug-likeness (QED) is 0.823. The van der Waals surface area contributed by atoms with Gasteiger partial charge in [0.25, 0.3) is 11.5 Å². The van der Waals surface area contributed by atoms with Gasteiger partial charge in [-0.1, -0.05) is 6.92 Å². The zero-order valence-corrected chi connectivity index (χ0v) is 10.9. The molecule has 0 aliphatic rings. The van der Waals surface area contributed by atoms with Crippen LogP contribution in [0, 0.1) is 11.3 Å². The predicted octanol–water partition coefficient (Wildman–Crippen LogP) is 1.34. The lowest BCUT2D eigenvalue weighted by Gasteiger charge is -2.05. The number of carbonyl (C=O) groups is 1. The van der Waals surface area contributed by atoms with E-state index in [0.29, 0.717) is 10.9 Å². The molecule has 1 heterocycles. The highest BCUT2D eigenvalue weighted by molar-refractivity contribution is 9.10. The highest BCUT2D eigenvalue weighted by Gasteiger charge is 2.12. The molecular weight excluding hydrogens is 286 g/mol. The van der Waals surface area contributed by atoms with E-state index in [1.54, 1.807) is 0 Å². The molecule has 0 bridgehead atoms. The summed E-state index contributed by atoms with van der Waals surface area (Å²) >= 11 is 3.29. The van der Waals surface area contributed by atoms with Crippen LogP contribution in [-0.2, 0) is 6.42 Å². The zero-order valence-electron chi connectivity index (χ0n) is 9.34. The fourth-order valence-electron chi connectivity index (χ4n) is 1.30. The first-order chi connectivity index (χ1) is 8.10. The van der Waals surface area contributed by atoms with Crippen molar-refractivity contribution >= 4 is 21.8 Å². The third-order valence-corrected chi connectivity index (χ3v) is 2.90. The first kappa shape index (κ1) is 13.5. The van der Waals surface area contributed by atoms with Crippen LogP contribution in [0.3, 0.4) is 0 Å². The number of pyridine rings is 1. The van der Waals surface area contributed by atoms with Crippen LogP contribution in [0.25, 0.3) is 0 Å². The molecule has 1 aromatic heterocycles. The van der Waals surface area contributed by atoms with Crippen molar-refractivity contribution in [1.29, 1.82) is 5.26 Å². The van der Waals surface area contributed by atoms with Crippen molar-refractivity contribution in [1.82, 2.24) is 10.3 Å². The fraction of sp³-hybridized carbons (Fsp3) is 0.364. The number of aryl methyl sites for hydroxylation is 1. The highest BCUT2D eigenvalue weighted by atomic mass is 79.9. The van der Waals surface area contributed by atoms with Crippen molar-refractivity contribution in [2.75, 3.05) is 6.54 Å². The van der Waals surface area contributed by atoms with Crippen molar-refractivity contribution < 1.29 is 4.79 Å². The summed E-state index contributed by atoms with van der Waals surface area (Å²) < 4.78 is 0.699. The summed E-state index contributed by atoms with van der Waals surface area (Å²) in [4.78, 5) is 25.9. The van der Waals surface area contributed by atoms with E-state index in [4.69, 9.17) is 5.26 Å². The van der Waals surface area contributed by atoms with Gasteiger partial charge >= 0.3 is 0 Å². The van der Waals surface area contributed by atoms with Gasteiger partial charge in [0.2, 0.25) is 0 Å². The first-order valence-corrected chi connectivity index (χ1v) is 5.96. The second-order valence-electron chi connectivity index (χ2n) is 3.36. The van der Waals surface area contributed by atoms with E-state index < -0.39 is 11.5 Å². The Morgan fingerprint density at radius 3 is 2.94 bits per heavy atom. The van der Waals surface area contributed by atoms with Crippen molar-refractivity contribution in [2.24, 2.45) is 0 Å². The van der Waals surface area contributed by atoms with Gasteiger partial charge in [0.05, 0.1) is 12.5 Å². The molecule has 0 saturated heterocycles. The average Bonchev–Trinajstić information content (AvgIpc) is 2.31. The van der Waals surface area contributed by atoms with Crippen molar-refractivity contribution in [3.8, 4) is 6.07 Å². The molecule has 2 N–H and O–H groups in total. The number of rotatable bonds is 4. The Labute approximate surface area is 107 Å². The number of hydrogen-bond acceptors (Lipinski definition) is 3. The van der Waals surface area contributed by atoms with Gasteiger partial charge in [-0.3, -0.25) is 9.59 Å². The molecule has 0 unspecified atom stereocenters. The van der Waals surface area contributed by atoms with Crippen LogP contribution >= 0.6 is 15.9 Å². The minimum absolute atomic E-state index is 0.0482. The second kappa shape index (κ2) is 6.21. The zero-order chi connectivity index (χ0) is 12.8. The van der Waals surface area contributed by atoms with E-state index in [1.165, 1.54) is 6.07 Å². The second-order valence-corrected chi connectivity index (χ2v) is 4.21. The van der Waals surface area contributed by atoms with Crippen LogP contribution in [0.5, 0.6) is 0 Å². The number of hydrogen-bond donors (Lipinski definition) is 2. The summed E-state index contributed by atoms with van der Waals surface area (Å²) in [6, 6.07) is 3.41. The van der Waals surface area contributed by atoms with E-state index in [0.717, 1.165) is 5.69 Å². The summed E-state index contributed by atoms with van der Waals surface area (Å²) in [7, 11) is 0. The van der Waals surface area contributed by atoms with E-state index >= 15 is 0 Å². The maximum Gasteiger partial charge on any atom is 0.261 e. The van der Waals surface area contributed by atoms with Crippen LogP contribution in [-0.4, -0.2) is 17.4 Å². The van der Waals surface area contributed by atoms with Gasteiger partial charge < -0.3 is 10.3 Å². The number of aromatic amines is 1. The fourth-order valence-corrected chi connectivity index (χ4v) is 1.90. The third kappa shape index (κ3) is 3.43. The Kier molecular flexibility index (Phi) is 4.91. The van der Waals surface area contributed by atoms with Crippen molar-refractivity contribution in [3.05, 3.63) is 32.2 Å². The first-order valence-electron chi connectivity index (χ1n) is 5.17. The monoisotopic (exact) mass is 297 g/mol. The van der Waals surface area contributed by atoms with E-state index in [2.05, 4.69) is 26.2 Å². The van der Waals surface area contributed by atoms with Crippen LogP contribution in [0.15, 0.2) is 15.3 Å². The molecule has 0 aromatic carbocycles. The summed E-state index contributed by atoms with van der Waals surface area (Å²) in [5.41, 5.74) is 0.384. The minimum atomic E-state index is -0.468. The molecule has 5 nitrogen and oxygen atoms in total. The SMILES string of the molecule is CCc1[nH]c(=O)c(C(=O)NCCC#N)cc1Br. The van der Waals surface area contributed by atoms with E-state index in [1.807, 2.05) is 13.0 Å². The number of amides is 1. The predicted molar refractivity (Wildman–Crippen MR) is 66.7 cm³/mol. The molecule has 1 amide bonds. The number of nitrogens with zero attached hydrogens (tertiary/aromatic N) is 1. The van der Waals surface area contributed by atoms with Crippen molar-refractivity contribution in [2.45, 2.75) is 19.8 Å². The van der Waals surface area contributed by atoms with E-state index in [-0.39, 0.29) is 18.5 Å². The molecule has 0 aliphatic carbocycles. The number of nitriles is 1.